The van der Waals surface area contributed by atoms with E-state index in [1.54, 1.807) is 11.6 Å². The van der Waals surface area contributed by atoms with Crippen LogP contribution in [0.2, 0.25) is 0 Å². The van der Waals surface area contributed by atoms with Crippen molar-refractivity contribution in [2.75, 3.05) is 11.9 Å². The molecule has 0 fully saturated rings. The fourth-order valence-corrected chi connectivity index (χ4v) is 1.68. The number of benzene rings is 1. The summed E-state index contributed by atoms with van der Waals surface area (Å²) in [6, 6.07) is 6.97. The Bertz CT molecular complexity index is 626. The van der Waals surface area contributed by atoms with E-state index in [1.807, 2.05) is 24.3 Å². The molecule has 1 aromatic carbocycles. The standard InChI is InChI=1S/C12H14N4O3.K/c1-16-9-5-3-2-4-8(9)14-11(16)15-12(19)13-7-6-10(17)18;/h2-5H,6-7H2,1H3,(H,17,18)(H2,13,14,15,19);/q;+1/p-1. The van der Waals surface area contributed by atoms with E-state index in [1.165, 1.54) is 0 Å². The van der Waals surface area contributed by atoms with Gasteiger partial charge in [-0.1, -0.05) is 12.1 Å². The number of aromatic nitrogens is 2. The fraction of sp³-hybridized carbons (Fsp3) is 0.250. The summed E-state index contributed by atoms with van der Waals surface area (Å²) in [4.78, 5) is 26.0. The predicted molar refractivity (Wildman–Crippen MR) is 67.4 cm³/mol. The van der Waals surface area contributed by atoms with Crippen molar-refractivity contribution >= 4 is 29.0 Å². The van der Waals surface area contributed by atoms with Crippen LogP contribution in [0.3, 0.4) is 0 Å². The fourth-order valence-electron chi connectivity index (χ4n) is 1.68. The Balaban J connectivity index is 0.00000200. The number of hydrogen-bond donors (Lipinski definition) is 2. The maximum Gasteiger partial charge on any atom is 1.00 e. The number of urea groups is 1. The largest absolute Gasteiger partial charge is 1.00 e. The van der Waals surface area contributed by atoms with E-state index < -0.39 is 12.0 Å². The smallest absolute Gasteiger partial charge is 0.550 e. The van der Waals surface area contributed by atoms with Gasteiger partial charge in [0.15, 0.2) is 0 Å². The molecule has 0 bridgehead atoms. The van der Waals surface area contributed by atoms with Crippen LogP contribution in [0.15, 0.2) is 24.3 Å². The Hall–Kier alpha value is -0.934. The van der Waals surface area contributed by atoms with Crippen molar-refractivity contribution in [2.24, 2.45) is 7.05 Å². The quantitative estimate of drug-likeness (QED) is 0.582. The van der Waals surface area contributed by atoms with Gasteiger partial charge in [-0.05, 0) is 12.1 Å². The number of aliphatic carboxylic acids is 1. The van der Waals surface area contributed by atoms with Crippen LogP contribution in [-0.2, 0) is 11.8 Å². The van der Waals surface area contributed by atoms with Gasteiger partial charge in [0.25, 0.3) is 0 Å². The summed E-state index contributed by atoms with van der Waals surface area (Å²) < 4.78 is 1.74. The van der Waals surface area contributed by atoms with Crippen molar-refractivity contribution in [1.29, 1.82) is 0 Å². The minimum atomic E-state index is -1.21. The van der Waals surface area contributed by atoms with Crippen LogP contribution in [0.5, 0.6) is 0 Å². The number of hydrogen-bond acceptors (Lipinski definition) is 4. The molecule has 2 amide bonds. The zero-order valence-corrected chi connectivity index (χ0v) is 14.5. The molecule has 1 heterocycles. The Morgan fingerprint density at radius 2 is 2.05 bits per heavy atom. The number of carbonyl (C=O) groups excluding carboxylic acids is 2. The maximum absolute atomic E-state index is 11.5. The van der Waals surface area contributed by atoms with Crippen LogP contribution < -0.4 is 67.1 Å². The van der Waals surface area contributed by atoms with Crippen molar-refractivity contribution in [2.45, 2.75) is 6.42 Å². The zero-order valence-electron chi connectivity index (χ0n) is 11.3. The van der Waals surface area contributed by atoms with Gasteiger partial charge in [0.1, 0.15) is 0 Å². The van der Waals surface area contributed by atoms with Gasteiger partial charge in [0, 0.05) is 26.0 Å². The van der Waals surface area contributed by atoms with Crippen LogP contribution >= 0.6 is 0 Å². The summed E-state index contributed by atoms with van der Waals surface area (Å²) in [5, 5.41) is 15.2. The van der Waals surface area contributed by atoms with Crippen LogP contribution in [0, 0.1) is 0 Å². The molecule has 100 valence electrons. The molecule has 2 N–H and O–H groups in total. The third kappa shape index (κ3) is 4.28. The Kier molecular flexibility index (Phi) is 6.63. The number of fused-ring (bicyclic) bond motifs is 1. The number of carboxylic acids is 1. The molecule has 7 nitrogen and oxygen atoms in total. The first-order valence-corrected chi connectivity index (χ1v) is 5.74. The summed E-state index contributed by atoms with van der Waals surface area (Å²) in [7, 11) is 1.78. The number of nitrogens with one attached hydrogen (secondary N) is 2. The second-order valence-corrected chi connectivity index (χ2v) is 3.99. The van der Waals surface area contributed by atoms with E-state index in [2.05, 4.69) is 15.6 Å². The van der Waals surface area contributed by atoms with E-state index >= 15 is 0 Å². The normalized spacial score (nSPS) is 9.85. The van der Waals surface area contributed by atoms with E-state index in [0.717, 1.165) is 11.0 Å². The molecule has 0 spiro atoms. The zero-order chi connectivity index (χ0) is 13.8. The predicted octanol–water partition coefficient (Wildman–Crippen LogP) is -3.16. The molecule has 2 rings (SSSR count). The van der Waals surface area contributed by atoms with Gasteiger partial charge in [0.2, 0.25) is 5.95 Å². The van der Waals surface area contributed by atoms with Gasteiger partial charge in [-0.15, -0.1) is 0 Å². The van der Waals surface area contributed by atoms with Gasteiger partial charge < -0.3 is 19.8 Å². The number of anilines is 1. The molecule has 1 aromatic heterocycles. The molecule has 0 aliphatic rings. The topological polar surface area (TPSA) is 99.1 Å². The summed E-state index contributed by atoms with van der Waals surface area (Å²) in [5.74, 6) is -0.810. The molecule has 0 atom stereocenters. The Morgan fingerprint density at radius 1 is 1.35 bits per heavy atom. The van der Waals surface area contributed by atoms with Crippen LogP contribution in [-0.4, -0.2) is 28.1 Å². The van der Waals surface area contributed by atoms with E-state index in [-0.39, 0.29) is 64.4 Å². The van der Waals surface area contributed by atoms with Gasteiger partial charge in [-0.25, -0.2) is 9.78 Å². The summed E-state index contributed by atoms with van der Waals surface area (Å²) in [5.41, 5.74) is 1.67. The number of amides is 2. The number of carbonyl (C=O) groups is 2. The van der Waals surface area contributed by atoms with Gasteiger partial charge in [0.05, 0.1) is 11.0 Å². The summed E-state index contributed by atoms with van der Waals surface area (Å²) >= 11 is 0. The Labute approximate surface area is 158 Å². The van der Waals surface area contributed by atoms with Crippen LogP contribution in [0.4, 0.5) is 10.7 Å². The molecule has 0 aliphatic carbocycles. The van der Waals surface area contributed by atoms with E-state index in [9.17, 15) is 14.7 Å². The summed E-state index contributed by atoms with van der Waals surface area (Å²) in [6.07, 6.45) is -0.226. The maximum atomic E-state index is 11.5. The Morgan fingerprint density at radius 3 is 2.70 bits per heavy atom. The minimum Gasteiger partial charge on any atom is -0.550 e. The SMILES string of the molecule is Cn1c(NC(=O)NCCC(=O)[O-])nc2ccccc21.[K+]. The average molecular weight is 300 g/mol. The molecule has 2 aromatic rings. The number of para-hydroxylation sites is 2. The molecular formula is C12H13KN4O3. The van der Waals surface area contributed by atoms with Gasteiger partial charge >= 0.3 is 57.4 Å². The molecular weight excluding hydrogens is 287 g/mol. The van der Waals surface area contributed by atoms with Crippen molar-refractivity contribution < 1.29 is 66.1 Å². The minimum absolute atomic E-state index is 0. The van der Waals surface area contributed by atoms with E-state index in [0.29, 0.717) is 5.95 Å². The average Bonchev–Trinajstić information content (AvgIpc) is 2.66. The monoisotopic (exact) mass is 300 g/mol. The number of rotatable bonds is 4. The van der Waals surface area contributed by atoms with Crippen molar-refractivity contribution in [1.82, 2.24) is 14.9 Å². The van der Waals surface area contributed by atoms with Crippen LogP contribution in [0.1, 0.15) is 6.42 Å². The number of aryl methyl sites for hydroxylation is 1. The van der Waals surface area contributed by atoms with Crippen molar-refractivity contribution in [3.63, 3.8) is 0 Å². The summed E-state index contributed by atoms with van der Waals surface area (Å²) in [6.45, 7) is 0.0120. The molecule has 0 radical (unpaired) electrons. The van der Waals surface area contributed by atoms with E-state index in [4.69, 9.17) is 0 Å². The first-order chi connectivity index (χ1) is 9.08. The molecule has 0 saturated heterocycles. The number of imidazole rings is 1. The molecule has 0 saturated carbocycles. The number of nitrogens with zero attached hydrogens (tertiary/aromatic N) is 2. The third-order valence-corrected chi connectivity index (χ3v) is 2.63. The number of carboxylic acid groups (broad SMARTS) is 1. The molecule has 20 heavy (non-hydrogen) atoms. The van der Waals surface area contributed by atoms with Crippen LogP contribution in [0.25, 0.3) is 11.0 Å². The third-order valence-electron chi connectivity index (χ3n) is 2.63. The molecule has 0 aliphatic heterocycles. The molecule has 8 heteroatoms. The molecule has 0 unspecified atom stereocenters. The van der Waals surface area contributed by atoms with Crippen molar-refractivity contribution in [3.8, 4) is 0 Å². The van der Waals surface area contributed by atoms with Crippen molar-refractivity contribution in [3.05, 3.63) is 24.3 Å². The van der Waals surface area contributed by atoms with Gasteiger partial charge in [-0.3, -0.25) is 5.32 Å². The first-order valence-electron chi connectivity index (χ1n) is 5.74. The second-order valence-electron chi connectivity index (χ2n) is 3.99. The van der Waals surface area contributed by atoms with Gasteiger partial charge in [-0.2, -0.15) is 0 Å². The first kappa shape index (κ1) is 17.1. The second kappa shape index (κ2) is 7.74.